The van der Waals surface area contributed by atoms with E-state index in [9.17, 15) is 24.2 Å². The highest BCUT2D eigenvalue weighted by molar-refractivity contribution is 5.80. The van der Waals surface area contributed by atoms with Crippen LogP contribution in [0.5, 0.6) is 5.75 Å². The van der Waals surface area contributed by atoms with Crippen molar-refractivity contribution in [2.75, 3.05) is 13.1 Å². The summed E-state index contributed by atoms with van der Waals surface area (Å²) >= 11 is 0. The van der Waals surface area contributed by atoms with Gasteiger partial charge in [0.1, 0.15) is 11.6 Å². The number of aliphatic carboxylic acids is 1. The van der Waals surface area contributed by atoms with Crippen LogP contribution in [0.2, 0.25) is 0 Å². The first-order valence-corrected chi connectivity index (χ1v) is 8.48. The zero-order chi connectivity index (χ0) is 18.7. The summed E-state index contributed by atoms with van der Waals surface area (Å²) < 4.78 is 13.5. The monoisotopic (exact) mass is 357 g/mol. The Morgan fingerprint density at radius 1 is 1.12 bits per heavy atom. The minimum absolute atomic E-state index is 0.122. The van der Waals surface area contributed by atoms with Gasteiger partial charge in [-0.3, -0.25) is 9.59 Å². The van der Waals surface area contributed by atoms with Crippen molar-refractivity contribution in [1.82, 2.24) is 4.90 Å². The number of hydrogen-bond donors (Lipinski definition) is 2. The van der Waals surface area contributed by atoms with E-state index in [1.54, 1.807) is 41.3 Å². The number of aryl methyl sites for hydroxylation is 1. The van der Waals surface area contributed by atoms with Crippen molar-refractivity contribution >= 4 is 11.9 Å². The number of nitrogens with zero attached hydrogens (tertiary/aromatic N) is 1. The molecule has 0 bridgehead atoms. The fourth-order valence-corrected chi connectivity index (χ4v) is 3.40. The number of rotatable bonds is 5. The number of benzene rings is 2. The molecule has 2 N–H and O–H groups in total. The van der Waals surface area contributed by atoms with Crippen LogP contribution < -0.4 is 0 Å². The number of aromatic hydroxyl groups is 1. The molecule has 0 saturated carbocycles. The van der Waals surface area contributed by atoms with Crippen molar-refractivity contribution in [2.24, 2.45) is 5.92 Å². The molecule has 2 unspecified atom stereocenters. The van der Waals surface area contributed by atoms with E-state index in [2.05, 4.69) is 0 Å². The van der Waals surface area contributed by atoms with Crippen molar-refractivity contribution in [3.63, 3.8) is 0 Å². The van der Waals surface area contributed by atoms with E-state index < -0.39 is 23.6 Å². The molecule has 1 fully saturated rings. The second-order valence-electron chi connectivity index (χ2n) is 6.57. The van der Waals surface area contributed by atoms with Crippen molar-refractivity contribution in [3.8, 4) is 5.75 Å². The summed E-state index contributed by atoms with van der Waals surface area (Å²) in [6.07, 6.45) is 0.769. The van der Waals surface area contributed by atoms with E-state index >= 15 is 0 Å². The Morgan fingerprint density at radius 3 is 2.50 bits per heavy atom. The molecule has 3 rings (SSSR count). The van der Waals surface area contributed by atoms with Gasteiger partial charge in [-0.1, -0.05) is 24.3 Å². The van der Waals surface area contributed by atoms with Crippen molar-refractivity contribution in [2.45, 2.75) is 18.8 Å². The third-order valence-corrected chi connectivity index (χ3v) is 4.83. The number of carbonyl (C=O) groups is 2. The molecular weight excluding hydrogens is 337 g/mol. The first-order chi connectivity index (χ1) is 12.4. The molecule has 5 nitrogen and oxygen atoms in total. The first kappa shape index (κ1) is 17.9. The molecule has 1 aliphatic heterocycles. The minimum Gasteiger partial charge on any atom is -0.508 e. The van der Waals surface area contributed by atoms with Crippen molar-refractivity contribution < 1.29 is 24.2 Å². The Morgan fingerprint density at radius 2 is 1.85 bits per heavy atom. The Labute approximate surface area is 150 Å². The van der Waals surface area contributed by atoms with Gasteiger partial charge >= 0.3 is 5.97 Å². The Kier molecular flexibility index (Phi) is 5.21. The van der Waals surface area contributed by atoms with E-state index in [0.717, 1.165) is 5.56 Å². The molecule has 0 aliphatic carbocycles. The first-order valence-electron chi connectivity index (χ1n) is 8.48. The van der Waals surface area contributed by atoms with Crippen LogP contribution in [-0.4, -0.2) is 40.1 Å². The van der Waals surface area contributed by atoms with E-state index in [1.807, 2.05) is 0 Å². The van der Waals surface area contributed by atoms with Crippen molar-refractivity contribution in [3.05, 3.63) is 65.5 Å². The smallest absolute Gasteiger partial charge is 0.308 e. The zero-order valence-corrected chi connectivity index (χ0v) is 14.1. The standard InChI is InChI=1S/C20H20FNO4/c21-15-3-1-2-14(10-15)17-11-22(12-18(17)20(25)26)19(24)9-6-13-4-7-16(23)8-5-13/h1-5,7-8,10,17-18,23H,6,9,11-12H2,(H,25,26). The van der Waals surface area contributed by atoms with E-state index in [-0.39, 0.29) is 31.2 Å². The largest absolute Gasteiger partial charge is 0.508 e. The van der Waals surface area contributed by atoms with Gasteiger partial charge in [0, 0.05) is 25.4 Å². The van der Waals surface area contributed by atoms with Crippen LogP contribution in [-0.2, 0) is 16.0 Å². The Bertz CT molecular complexity index is 806. The molecule has 1 amide bonds. The van der Waals surface area contributed by atoms with Gasteiger partial charge in [-0.15, -0.1) is 0 Å². The minimum atomic E-state index is -0.979. The summed E-state index contributed by atoms with van der Waals surface area (Å²) in [6.45, 7) is 0.403. The predicted molar refractivity (Wildman–Crippen MR) is 93.3 cm³/mol. The number of amides is 1. The molecule has 6 heteroatoms. The van der Waals surface area contributed by atoms with Gasteiger partial charge in [0.2, 0.25) is 5.91 Å². The number of phenolic OH excluding ortho intramolecular Hbond substituents is 1. The fraction of sp³-hybridized carbons (Fsp3) is 0.300. The maximum atomic E-state index is 13.5. The number of carboxylic acids is 1. The average molecular weight is 357 g/mol. The lowest BCUT2D eigenvalue weighted by Gasteiger charge is -2.16. The van der Waals surface area contributed by atoms with Gasteiger partial charge < -0.3 is 15.1 Å². The molecule has 2 aromatic rings. The number of phenols is 1. The van der Waals surface area contributed by atoms with E-state index in [1.165, 1.54) is 12.1 Å². The van der Waals surface area contributed by atoms with Crippen LogP contribution in [0.3, 0.4) is 0 Å². The Hall–Kier alpha value is -2.89. The third-order valence-electron chi connectivity index (χ3n) is 4.83. The molecule has 2 atom stereocenters. The molecule has 2 aromatic carbocycles. The summed E-state index contributed by atoms with van der Waals surface area (Å²) in [5.74, 6) is -2.50. The number of halogens is 1. The molecule has 1 heterocycles. The lowest BCUT2D eigenvalue weighted by molar-refractivity contribution is -0.141. The fourth-order valence-electron chi connectivity index (χ4n) is 3.40. The molecule has 0 spiro atoms. The maximum Gasteiger partial charge on any atom is 0.308 e. The molecule has 0 aromatic heterocycles. The van der Waals surface area contributed by atoms with Gasteiger partial charge in [0.05, 0.1) is 5.92 Å². The third kappa shape index (κ3) is 4.02. The van der Waals surface area contributed by atoms with Gasteiger partial charge in [0.25, 0.3) is 0 Å². The molecule has 1 aliphatic rings. The lowest BCUT2D eigenvalue weighted by atomic mass is 9.89. The zero-order valence-electron chi connectivity index (χ0n) is 14.1. The van der Waals surface area contributed by atoms with E-state index in [4.69, 9.17) is 0 Å². The highest BCUT2D eigenvalue weighted by atomic mass is 19.1. The van der Waals surface area contributed by atoms with Gasteiger partial charge in [-0.05, 0) is 41.8 Å². The molecule has 1 saturated heterocycles. The lowest BCUT2D eigenvalue weighted by Crippen LogP contribution is -2.30. The van der Waals surface area contributed by atoms with Crippen LogP contribution in [0, 0.1) is 11.7 Å². The topological polar surface area (TPSA) is 77.8 Å². The number of carbonyl (C=O) groups excluding carboxylic acids is 1. The van der Waals surface area contributed by atoms with Crippen LogP contribution in [0.4, 0.5) is 4.39 Å². The summed E-state index contributed by atoms with van der Waals surface area (Å²) in [7, 11) is 0. The van der Waals surface area contributed by atoms with Gasteiger partial charge in [0.15, 0.2) is 0 Å². The SMILES string of the molecule is O=C(O)C1CN(C(=O)CCc2ccc(O)cc2)CC1c1cccc(F)c1. The molecule has 136 valence electrons. The Balaban J connectivity index is 1.67. The van der Waals surface area contributed by atoms with Gasteiger partial charge in [-0.25, -0.2) is 4.39 Å². The van der Waals surface area contributed by atoms with Crippen LogP contribution in [0.1, 0.15) is 23.5 Å². The summed E-state index contributed by atoms with van der Waals surface area (Å²) in [6, 6.07) is 12.5. The second-order valence-corrected chi connectivity index (χ2v) is 6.57. The summed E-state index contributed by atoms with van der Waals surface area (Å²) in [4.78, 5) is 25.7. The average Bonchev–Trinajstić information content (AvgIpc) is 3.07. The van der Waals surface area contributed by atoms with E-state index in [0.29, 0.717) is 12.0 Å². The second kappa shape index (κ2) is 7.56. The van der Waals surface area contributed by atoms with Crippen LogP contribution >= 0.6 is 0 Å². The van der Waals surface area contributed by atoms with Crippen molar-refractivity contribution in [1.29, 1.82) is 0 Å². The quantitative estimate of drug-likeness (QED) is 0.863. The maximum absolute atomic E-state index is 13.5. The summed E-state index contributed by atoms with van der Waals surface area (Å²) in [5.41, 5.74) is 1.53. The summed E-state index contributed by atoms with van der Waals surface area (Å²) in [5, 5.41) is 18.8. The molecule has 26 heavy (non-hydrogen) atoms. The number of hydrogen-bond acceptors (Lipinski definition) is 3. The normalized spacial score (nSPS) is 19.5. The van der Waals surface area contributed by atoms with Crippen LogP contribution in [0.25, 0.3) is 0 Å². The van der Waals surface area contributed by atoms with Gasteiger partial charge in [-0.2, -0.15) is 0 Å². The number of carboxylic acid groups (broad SMARTS) is 1. The molecule has 0 radical (unpaired) electrons. The number of likely N-dealkylation sites (tertiary alicyclic amines) is 1. The van der Waals surface area contributed by atoms with Crippen LogP contribution in [0.15, 0.2) is 48.5 Å². The highest BCUT2D eigenvalue weighted by Crippen LogP contribution is 2.33. The highest BCUT2D eigenvalue weighted by Gasteiger charge is 2.40. The predicted octanol–water partition coefficient (Wildman–Crippen LogP) is 2.79. The molecular formula is C20H20FNO4.